The number of aryl methyl sites for hydroxylation is 1. The molecule has 2 aromatic carbocycles. The van der Waals surface area contributed by atoms with Gasteiger partial charge in [0.05, 0.1) is 12.6 Å². The first-order chi connectivity index (χ1) is 15.6. The lowest BCUT2D eigenvalue weighted by molar-refractivity contribution is 0.238. The van der Waals surface area contributed by atoms with Crippen molar-refractivity contribution in [3.63, 3.8) is 0 Å². The normalized spacial score (nSPS) is 11.7. The van der Waals surface area contributed by atoms with Crippen LogP contribution in [0.5, 0.6) is 5.75 Å². The van der Waals surface area contributed by atoms with Gasteiger partial charge in [0.2, 0.25) is 0 Å². The Kier molecular flexibility index (Phi) is 6.50. The number of ether oxygens (including phenoxy) is 1. The molecule has 0 bridgehead atoms. The Bertz CT molecular complexity index is 1210. The van der Waals surface area contributed by atoms with Crippen molar-refractivity contribution < 1.29 is 9.53 Å². The number of benzene rings is 2. The van der Waals surface area contributed by atoms with Crippen molar-refractivity contribution in [2.45, 2.75) is 6.04 Å². The van der Waals surface area contributed by atoms with Gasteiger partial charge in [-0.1, -0.05) is 30.3 Å². The molecule has 1 unspecified atom stereocenters. The van der Waals surface area contributed by atoms with Crippen molar-refractivity contribution in [3.8, 4) is 5.75 Å². The van der Waals surface area contributed by atoms with Crippen LogP contribution in [0.15, 0.2) is 73.1 Å². The molecular formula is C24H26N6O2. The Hall–Kier alpha value is -4.07. The highest BCUT2D eigenvalue weighted by molar-refractivity contribution is 5.80. The van der Waals surface area contributed by atoms with Crippen molar-refractivity contribution >= 4 is 22.8 Å². The number of imidazole rings is 1. The van der Waals surface area contributed by atoms with Crippen LogP contribution in [0.3, 0.4) is 0 Å². The number of carbonyl (C=O) groups excluding carboxylic acids is 1. The van der Waals surface area contributed by atoms with Gasteiger partial charge in [0, 0.05) is 37.9 Å². The van der Waals surface area contributed by atoms with E-state index in [1.54, 1.807) is 13.3 Å². The summed E-state index contributed by atoms with van der Waals surface area (Å²) in [5.41, 5.74) is 1.81. The molecule has 2 aromatic heterocycles. The number of fused-ring (bicyclic) bond motifs is 1. The van der Waals surface area contributed by atoms with E-state index in [4.69, 9.17) is 4.74 Å². The van der Waals surface area contributed by atoms with Gasteiger partial charge in [0.15, 0.2) is 0 Å². The van der Waals surface area contributed by atoms with Gasteiger partial charge in [-0.2, -0.15) is 0 Å². The summed E-state index contributed by atoms with van der Waals surface area (Å²) in [5, 5.41) is 10.2. The Morgan fingerprint density at radius 2 is 1.97 bits per heavy atom. The third-order valence-electron chi connectivity index (χ3n) is 5.13. The second-order valence-corrected chi connectivity index (χ2v) is 7.32. The van der Waals surface area contributed by atoms with Crippen LogP contribution in [-0.2, 0) is 7.05 Å². The van der Waals surface area contributed by atoms with E-state index in [1.807, 2.05) is 78.5 Å². The standard InChI is InChI=1S/C24H26N6O2/c1-30-15-14-26-23(30)22(18-7-5-8-19(16-18)32-2)29-24(31)27-13-12-25-21-11-10-17-6-3-4-9-20(17)28-21/h3-11,14-16,22H,12-13H2,1-2H3,(H,25,28)(H2,27,29,31). The zero-order valence-electron chi connectivity index (χ0n) is 18.1. The minimum Gasteiger partial charge on any atom is -0.497 e. The van der Waals surface area contributed by atoms with Crippen LogP contribution in [0, 0.1) is 0 Å². The molecule has 0 fully saturated rings. The predicted octanol–water partition coefficient (Wildman–Crippen LogP) is 3.48. The molecule has 8 nitrogen and oxygen atoms in total. The van der Waals surface area contributed by atoms with Crippen molar-refractivity contribution in [2.24, 2.45) is 7.05 Å². The molecule has 0 spiro atoms. The van der Waals surface area contributed by atoms with Crippen LogP contribution in [-0.4, -0.2) is 40.8 Å². The number of hydrogen-bond acceptors (Lipinski definition) is 5. The second kappa shape index (κ2) is 9.82. The number of pyridine rings is 1. The number of nitrogens with one attached hydrogen (secondary N) is 3. The molecule has 0 aliphatic carbocycles. The van der Waals surface area contributed by atoms with E-state index >= 15 is 0 Å². The minimum atomic E-state index is -0.416. The fraction of sp³-hybridized carbons (Fsp3) is 0.208. The summed E-state index contributed by atoms with van der Waals surface area (Å²) in [7, 11) is 3.52. The highest BCUT2D eigenvalue weighted by Crippen LogP contribution is 2.24. The summed E-state index contributed by atoms with van der Waals surface area (Å²) in [6.45, 7) is 0.983. The highest BCUT2D eigenvalue weighted by Gasteiger charge is 2.21. The van der Waals surface area contributed by atoms with Gasteiger partial charge >= 0.3 is 6.03 Å². The lowest BCUT2D eigenvalue weighted by atomic mass is 10.1. The molecule has 0 aliphatic heterocycles. The van der Waals surface area contributed by atoms with Gasteiger partial charge in [0.25, 0.3) is 0 Å². The second-order valence-electron chi connectivity index (χ2n) is 7.32. The SMILES string of the molecule is COc1cccc(C(NC(=O)NCCNc2ccc3ccccc3n2)c2nccn2C)c1. The number of carbonyl (C=O) groups is 1. The molecule has 2 heterocycles. The number of urea groups is 1. The van der Waals surface area contributed by atoms with Gasteiger partial charge in [-0.15, -0.1) is 0 Å². The van der Waals surface area contributed by atoms with Crippen LogP contribution in [0.2, 0.25) is 0 Å². The molecule has 4 aromatic rings. The molecule has 164 valence electrons. The lowest BCUT2D eigenvalue weighted by Crippen LogP contribution is -2.41. The maximum atomic E-state index is 12.6. The van der Waals surface area contributed by atoms with Crippen LogP contribution in [0.25, 0.3) is 10.9 Å². The smallest absolute Gasteiger partial charge is 0.315 e. The number of anilines is 1. The number of aromatic nitrogens is 3. The minimum absolute atomic E-state index is 0.283. The van der Waals surface area contributed by atoms with Crippen LogP contribution < -0.4 is 20.7 Å². The third kappa shape index (κ3) is 4.97. The summed E-state index contributed by atoms with van der Waals surface area (Å²) in [4.78, 5) is 21.6. The maximum Gasteiger partial charge on any atom is 0.315 e. The molecule has 3 N–H and O–H groups in total. The van der Waals surface area contributed by atoms with Crippen LogP contribution in [0.4, 0.5) is 10.6 Å². The Balaban J connectivity index is 1.36. The highest BCUT2D eigenvalue weighted by atomic mass is 16.5. The third-order valence-corrected chi connectivity index (χ3v) is 5.13. The number of rotatable bonds is 8. The Morgan fingerprint density at radius 1 is 1.09 bits per heavy atom. The van der Waals surface area contributed by atoms with Gasteiger partial charge < -0.3 is 25.3 Å². The molecule has 4 rings (SSSR count). The quantitative estimate of drug-likeness (QED) is 0.372. The molecule has 0 saturated heterocycles. The van der Waals surface area contributed by atoms with Crippen LogP contribution >= 0.6 is 0 Å². The number of amides is 2. The molecule has 2 amide bonds. The topological polar surface area (TPSA) is 93.1 Å². The molecule has 32 heavy (non-hydrogen) atoms. The van der Waals surface area contributed by atoms with E-state index in [1.165, 1.54) is 0 Å². The Labute approximate surface area is 186 Å². The predicted molar refractivity (Wildman–Crippen MR) is 125 cm³/mol. The van der Waals surface area contributed by atoms with Gasteiger partial charge in [-0.3, -0.25) is 0 Å². The Morgan fingerprint density at radius 3 is 2.78 bits per heavy atom. The molecule has 1 atom stereocenters. The molecule has 0 aliphatic rings. The zero-order valence-corrected chi connectivity index (χ0v) is 18.1. The van der Waals surface area contributed by atoms with Crippen molar-refractivity contribution in [3.05, 3.63) is 84.4 Å². The number of methoxy groups -OCH3 is 1. The molecular weight excluding hydrogens is 404 g/mol. The number of hydrogen-bond donors (Lipinski definition) is 3. The summed E-state index contributed by atoms with van der Waals surface area (Å²) in [6, 6.07) is 18.8. The summed E-state index contributed by atoms with van der Waals surface area (Å²) >= 11 is 0. The molecule has 8 heteroatoms. The first-order valence-corrected chi connectivity index (χ1v) is 10.4. The van der Waals surface area contributed by atoms with E-state index in [2.05, 4.69) is 25.9 Å². The van der Waals surface area contributed by atoms with Gasteiger partial charge in [0.1, 0.15) is 23.4 Å². The van der Waals surface area contributed by atoms with Gasteiger partial charge in [-0.25, -0.2) is 14.8 Å². The zero-order chi connectivity index (χ0) is 22.3. The lowest BCUT2D eigenvalue weighted by Gasteiger charge is -2.20. The van der Waals surface area contributed by atoms with E-state index in [9.17, 15) is 4.79 Å². The average molecular weight is 431 g/mol. The summed E-state index contributed by atoms with van der Waals surface area (Å²) in [5.74, 6) is 2.22. The maximum absolute atomic E-state index is 12.6. The largest absolute Gasteiger partial charge is 0.497 e. The number of nitrogens with zero attached hydrogens (tertiary/aromatic N) is 3. The first-order valence-electron chi connectivity index (χ1n) is 10.4. The van der Waals surface area contributed by atoms with E-state index in [0.29, 0.717) is 13.1 Å². The van der Waals surface area contributed by atoms with Crippen molar-refractivity contribution in [2.75, 3.05) is 25.5 Å². The first kappa shape index (κ1) is 21.2. The van der Waals surface area contributed by atoms with Crippen molar-refractivity contribution in [1.29, 1.82) is 0 Å². The van der Waals surface area contributed by atoms with E-state index in [0.717, 1.165) is 33.9 Å². The molecule has 0 saturated carbocycles. The fourth-order valence-electron chi connectivity index (χ4n) is 3.49. The average Bonchev–Trinajstić information content (AvgIpc) is 3.25. The summed E-state index contributed by atoms with van der Waals surface area (Å²) < 4.78 is 7.22. The van der Waals surface area contributed by atoms with E-state index < -0.39 is 6.04 Å². The fourth-order valence-corrected chi connectivity index (χ4v) is 3.49. The van der Waals surface area contributed by atoms with Gasteiger partial charge in [-0.05, 0) is 35.9 Å². The van der Waals surface area contributed by atoms with Crippen LogP contribution in [0.1, 0.15) is 17.4 Å². The van der Waals surface area contributed by atoms with E-state index in [-0.39, 0.29) is 6.03 Å². The number of para-hydroxylation sites is 1. The summed E-state index contributed by atoms with van der Waals surface area (Å²) in [6.07, 6.45) is 3.56. The monoisotopic (exact) mass is 430 g/mol. The van der Waals surface area contributed by atoms with Crippen molar-refractivity contribution in [1.82, 2.24) is 25.2 Å². The molecule has 0 radical (unpaired) electrons.